The van der Waals surface area contributed by atoms with Gasteiger partial charge in [-0.3, -0.25) is 4.79 Å². The van der Waals surface area contributed by atoms with E-state index in [1.54, 1.807) is 0 Å². The zero-order chi connectivity index (χ0) is 26.4. The minimum atomic E-state index is -0.505. The third kappa shape index (κ3) is 7.17. The van der Waals surface area contributed by atoms with Crippen molar-refractivity contribution in [3.05, 3.63) is 24.3 Å². The number of carbonyl (C=O) groups excluding carboxylic acids is 2. The first-order chi connectivity index (χ1) is 17.7. The van der Waals surface area contributed by atoms with Crippen LogP contribution in [0.1, 0.15) is 79.1 Å². The first-order valence-electron chi connectivity index (χ1n) is 14.2. The molecule has 0 spiro atoms. The highest BCUT2D eigenvalue weighted by Crippen LogP contribution is 2.28. The number of aryl methyl sites for hydroxylation is 1. The Kier molecular flexibility index (Phi) is 8.98. The van der Waals surface area contributed by atoms with Gasteiger partial charge in [0, 0.05) is 45.2 Å². The number of rotatable bonds is 8. The molecule has 1 saturated carbocycles. The highest BCUT2D eigenvalue weighted by Gasteiger charge is 2.27. The Morgan fingerprint density at radius 2 is 1.86 bits per heavy atom. The summed E-state index contributed by atoms with van der Waals surface area (Å²) in [6.45, 7) is 11.4. The van der Waals surface area contributed by atoms with Gasteiger partial charge in [0.15, 0.2) is 0 Å². The number of amides is 2. The number of hydrogen-bond acceptors (Lipinski definition) is 5. The lowest BCUT2D eigenvalue weighted by Crippen LogP contribution is -2.43. The number of piperidine rings is 1. The molecule has 8 heteroatoms. The summed E-state index contributed by atoms with van der Waals surface area (Å²) in [7, 11) is 0. The Bertz CT molecular complexity index is 1050. The topological polar surface area (TPSA) is 79.7 Å². The molecule has 0 bridgehead atoms. The molecule has 1 aromatic heterocycles. The number of aromatic nitrogens is 2. The standard InChI is InChI=1S/C29H45N5O3/c1-5-33(23-13-7-6-8-14-23)26(35)17-19-34-25-16-10-9-15-24(25)31-27(34)32-18-11-12-22(21-32)20-30-28(36)37-29(2,3)4/h9-10,15-16,22-23H,5-8,11-14,17-21H2,1-4H3,(H,30,36)/t22-/m1/s1. The summed E-state index contributed by atoms with van der Waals surface area (Å²) in [6.07, 6.45) is 8.20. The van der Waals surface area contributed by atoms with Gasteiger partial charge in [0.1, 0.15) is 5.60 Å². The third-order valence-electron chi connectivity index (χ3n) is 7.60. The summed E-state index contributed by atoms with van der Waals surface area (Å²) in [6, 6.07) is 8.59. The largest absolute Gasteiger partial charge is 0.444 e. The second-order valence-corrected chi connectivity index (χ2v) is 11.6. The van der Waals surface area contributed by atoms with Gasteiger partial charge in [-0.25, -0.2) is 9.78 Å². The second-order valence-electron chi connectivity index (χ2n) is 11.6. The van der Waals surface area contributed by atoms with Crippen LogP contribution < -0.4 is 10.2 Å². The average molecular weight is 512 g/mol. The van der Waals surface area contributed by atoms with E-state index in [1.807, 2.05) is 39.0 Å². The van der Waals surface area contributed by atoms with Crippen LogP contribution in [-0.4, -0.2) is 64.3 Å². The van der Waals surface area contributed by atoms with Crippen LogP contribution in [-0.2, 0) is 16.1 Å². The lowest BCUT2D eigenvalue weighted by molar-refractivity contribution is -0.134. The van der Waals surface area contributed by atoms with Gasteiger partial charge in [-0.15, -0.1) is 0 Å². The molecule has 2 heterocycles. The lowest BCUT2D eigenvalue weighted by Gasteiger charge is -2.35. The van der Waals surface area contributed by atoms with E-state index in [0.717, 1.165) is 62.3 Å². The van der Waals surface area contributed by atoms with Crippen molar-refractivity contribution in [3.63, 3.8) is 0 Å². The average Bonchev–Trinajstić information content (AvgIpc) is 3.25. The molecule has 2 fully saturated rings. The Morgan fingerprint density at radius 3 is 2.59 bits per heavy atom. The molecular weight excluding hydrogens is 466 g/mol. The summed E-state index contributed by atoms with van der Waals surface area (Å²) in [4.78, 5) is 34.9. The molecule has 1 atom stereocenters. The molecule has 37 heavy (non-hydrogen) atoms. The summed E-state index contributed by atoms with van der Waals surface area (Å²) < 4.78 is 7.64. The molecule has 204 valence electrons. The molecule has 2 aliphatic rings. The van der Waals surface area contributed by atoms with Crippen LogP contribution in [0, 0.1) is 5.92 Å². The van der Waals surface area contributed by atoms with Crippen molar-refractivity contribution in [1.29, 1.82) is 0 Å². The van der Waals surface area contributed by atoms with Crippen LogP contribution in [0.4, 0.5) is 10.7 Å². The number of fused-ring (bicyclic) bond motifs is 1. The summed E-state index contributed by atoms with van der Waals surface area (Å²) in [5.74, 6) is 1.49. The predicted molar refractivity (Wildman–Crippen MR) is 148 cm³/mol. The molecule has 0 unspecified atom stereocenters. The number of carbonyl (C=O) groups is 2. The Balaban J connectivity index is 1.44. The fourth-order valence-electron chi connectivity index (χ4n) is 5.86. The van der Waals surface area contributed by atoms with Crippen LogP contribution in [0.3, 0.4) is 0 Å². The van der Waals surface area contributed by atoms with Gasteiger partial charge in [0.2, 0.25) is 11.9 Å². The molecule has 1 aliphatic carbocycles. The molecule has 8 nitrogen and oxygen atoms in total. The van der Waals surface area contributed by atoms with Crippen LogP contribution in [0.5, 0.6) is 0 Å². The van der Waals surface area contributed by atoms with Gasteiger partial charge >= 0.3 is 6.09 Å². The molecule has 1 aromatic carbocycles. The maximum absolute atomic E-state index is 13.3. The van der Waals surface area contributed by atoms with Crippen LogP contribution in [0.2, 0.25) is 0 Å². The number of nitrogens with one attached hydrogen (secondary N) is 1. The van der Waals surface area contributed by atoms with Crippen LogP contribution in [0.15, 0.2) is 24.3 Å². The molecule has 2 amide bonds. The number of nitrogens with zero attached hydrogens (tertiary/aromatic N) is 4. The highest BCUT2D eigenvalue weighted by atomic mass is 16.6. The van der Waals surface area contributed by atoms with Gasteiger partial charge in [0.05, 0.1) is 11.0 Å². The van der Waals surface area contributed by atoms with Gasteiger partial charge in [-0.05, 0) is 71.4 Å². The minimum absolute atomic E-state index is 0.246. The van der Waals surface area contributed by atoms with Gasteiger partial charge in [-0.1, -0.05) is 31.4 Å². The Labute approximate surface area is 221 Å². The number of ether oxygens (including phenoxy) is 1. The first kappa shape index (κ1) is 27.3. The molecular formula is C29H45N5O3. The highest BCUT2D eigenvalue weighted by molar-refractivity contribution is 5.80. The van der Waals surface area contributed by atoms with Crippen molar-refractivity contribution in [3.8, 4) is 0 Å². The zero-order valence-corrected chi connectivity index (χ0v) is 23.2. The van der Waals surface area contributed by atoms with Crippen molar-refractivity contribution in [2.24, 2.45) is 5.92 Å². The monoisotopic (exact) mass is 511 g/mol. The van der Waals surface area contributed by atoms with E-state index in [0.29, 0.717) is 31.5 Å². The van der Waals surface area contributed by atoms with Crippen LogP contribution >= 0.6 is 0 Å². The SMILES string of the molecule is CCN(C(=O)CCn1c(N2CCC[C@H](CNC(=O)OC(C)(C)C)C2)nc2ccccc21)C1CCCCC1. The summed E-state index contributed by atoms with van der Waals surface area (Å²) >= 11 is 0. The summed E-state index contributed by atoms with van der Waals surface area (Å²) in [5, 5.41) is 2.95. The zero-order valence-electron chi connectivity index (χ0n) is 23.2. The fraction of sp³-hybridized carbons (Fsp3) is 0.690. The van der Waals surface area contributed by atoms with E-state index in [9.17, 15) is 9.59 Å². The quantitative estimate of drug-likeness (QED) is 0.517. The molecule has 4 rings (SSSR count). The van der Waals surface area contributed by atoms with Crippen molar-refractivity contribution in [1.82, 2.24) is 19.8 Å². The maximum atomic E-state index is 13.3. The van der Waals surface area contributed by atoms with E-state index in [1.165, 1.54) is 19.3 Å². The first-order valence-corrected chi connectivity index (χ1v) is 14.2. The van der Waals surface area contributed by atoms with Crippen LogP contribution in [0.25, 0.3) is 11.0 Å². The van der Waals surface area contributed by atoms with Crippen molar-refractivity contribution in [2.75, 3.05) is 31.1 Å². The van der Waals surface area contributed by atoms with E-state index >= 15 is 0 Å². The van der Waals surface area contributed by atoms with E-state index in [-0.39, 0.29) is 12.0 Å². The van der Waals surface area contributed by atoms with Gasteiger partial charge < -0.3 is 24.4 Å². The second kappa shape index (κ2) is 12.2. The van der Waals surface area contributed by atoms with E-state index in [4.69, 9.17) is 9.72 Å². The normalized spacial score (nSPS) is 19.1. The lowest BCUT2D eigenvalue weighted by atomic mass is 9.94. The number of anilines is 1. The molecule has 1 aliphatic heterocycles. The third-order valence-corrected chi connectivity index (χ3v) is 7.60. The molecule has 1 N–H and O–H groups in total. The molecule has 2 aromatic rings. The maximum Gasteiger partial charge on any atom is 0.407 e. The minimum Gasteiger partial charge on any atom is -0.444 e. The molecule has 1 saturated heterocycles. The van der Waals surface area contributed by atoms with Gasteiger partial charge in [-0.2, -0.15) is 0 Å². The van der Waals surface area contributed by atoms with Crippen molar-refractivity contribution in [2.45, 2.75) is 97.2 Å². The predicted octanol–water partition coefficient (Wildman–Crippen LogP) is 5.35. The molecule has 0 radical (unpaired) electrons. The van der Waals surface area contributed by atoms with E-state index < -0.39 is 5.60 Å². The summed E-state index contributed by atoms with van der Waals surface area (Å²) in [5.41, 5.74) is 1.52. The number of benzene rings is 1. The number of hydrogen-bond donors (Lipinski definition) is 1. The van der Waals surface area contributed by atoms with Crippen molar-refractivity contribution < 1.29 is 14.3 Å². The van der Waals surface area contributed by atoms with E-state index in [2.05, 4.69) is 32.7 Å². The Hall–Kier alpha value is -2.77. The number of imidazole rings is 1. The fourth-order valence-corrected chi connectivity index (χ4v) is 5.86. The smallest absolute Gasteiger partial charge is 0.407 e. The van der Waals surface area contributed by atoms with Gasteiger partial charge in [0.25, 0.3) is 0 Å². The van der Waals surface area contributed by atoms with Crippen molar-refractivity contribution >= 4 is 29.0 Å². The number of alkyl carbamates (subject to hydrolysis) is 1. The Morgan fingerprint density at radius 1 is 1.11 bits per heavy atom. The number of para-hydroxylation sites is 2.